The summed E-state index contributed by atoms with van der Waals surface area (Å²) in [7, 11) is -1.07. The molecule has 0 aliphatic heterocycles. The molecule has 0 radical (unpaired) electrons. The van der Waals surface area contributed by atoms with Gasteiger partial charge in [-0.1, -0.05) is 146 Å². The Morgan fingerprint density at radius 3 is 1.36 bits per heavy atom. The summed E-state index contributed by atoms with van der Waals surface area (Å²) in [6, 6.07) is 37.5. The minimum absolute atomic E-state index is 0. The van der Waals surface area contributed by atoms with E-state index in [1.54, 1.807) is 5.20 Å². The van der Waals surface area contributed by atoms with Gasteiger partial charge in [0.25, 0.3) is 0 Å². The molecule has 0 bridgehead atoms. The standard InChI is InChI=1S/C21H25.C10H17Si.2C10H13.CH2.2ClH.Zr/c1-20(2,3)16-7-9-18-14(12-16)11-15-13-17(21(4,5)6)8-10-19(15)18;1-8-6-9(2)10(7-8)11(3,4)5;2*1-10(2,3)9-7-5-4-6-8-9;;;;/h7-10,12H,11H2,1-6H3;7-8H,1-5H3;2*5-8H,1-3H3;1H2;2*1H;/q4*-1;;;;. The first-order chi connectivity index (χ1) is 24.8. The molecule has 6 rings (SSSR count). The minimum atomic E-state index is -1.07. The van der Waals surface area contributed by atoms with Crippen molar-refractivity contribution in [3.8, 4) is 11.1 Å². The zero-order valence-electron chi connectivity index (χ0n) is 37.9. The third-order valence-electron chi connectivity index (χ3n) is 9.71. The van der Waals surface area contributed by atoms with Gasteiger partial charge in [0.2, 0.25) is 0 Å². The molecule has 4 heteroatoms. The predicted molar refractivity (Wildman–Crippen MR) is 254 cm³/mol. The van der Waals surface area contributed by atoms with Crippen LogP contribution in [0.4, 0.5) is 0 Å². The number of allylic oxidation sites excluding steroid dienone is 4. The van der Waals surface area contributed by atoms with Gasteiger partial charge in [-0.3, -0.25) is 6.08 Å². The summed E-state index contributed by atoms with van der Waals surface area (Å²) in [4.78, 5) is 0. The third-order valence-corrected chi connectivity index (χ3v) is 11.9. The predicted octanol–water partition coefficient (Wildman–Crippen LogP) is 15.2. The monoisotopic (exact) mass is 884 g/mol. The Hall–Kier alpha value is -2.09. The van der Waals surface area contributed by atoms with E-state index in [1.807, 2.05) is 24.3 Å². The molecule has 2 aliphatic rings. The molecule has 0 spiro atoms. The molecule has 1 atom stereocenters. The van der Waals surface area contributed by atoms with Gasteiger partial charge in [-0.25, -0.2) is 10.8 Å². The normalized spacial score (nSPS) is 14.3. The Labute approximate surface area is 373 Å². The summed E-state index contributed by atoms with van der Waals surface area (Å²) in [6.07, 6.45) is 6.83. The van der Waals surface area contributed by atoms with Crippen LogP contribution < -0.4 is 0 Å². The van der Waals surface area contributed by atoms with Crippen LogP contribution in [0.25, 0.3) is 11.1 Å². The van der Waals surface area contributed by atoms with Crippen LogP contribution in [0, 0.1) is 30.2 Å². The van der Waals surface area contributed by atoms with Gasteiger partial charge in [0.05, 0.1) is 0 Å². The van der Waals surface area contributed by atoms with Gasteiger partial charge in [0.1, 0.15) is 0 Å². The number of fused-ring (bicyclic) bond motifs is 3. The maximum absolute atomic E-state index is 3.67. The van der Waals surface area contributed by atoms with Crippen molar-refractivity contribution in [3.63, 3.8) is 0 Å². The topological polar surface area (TPSA) is 0 Å². The van der Waals surface area contributed by atoms with E-state index in [1.165, 1.54) is 74.3 Å². The van der Waals surface area contributed by atoms with Crippen LogP contribution in [0.2, 0.25) is 19.6 Å². The molecule has 0 fully saturated rings. The first-order valence-electron chi connectivity index (χ1n) is 19.6. The summed E-state index contributed by atoms with van der Waals surface area (Å²) in [5, 5.41) is 1.60. The summed E-state index contributed by atoms with van der Waals surface area (Å²) >= 11 is 1.30. The molecule has 2 aliphatic carbocycles. The van der Waals surface area contributed by atoms with Crippen LogP contribution in [0.15, 0.2) is 95.7 Å². The molecule has 1 unspecified atom stereocenters. The van der Waals surface area contributed by atoms with Crippen molar-refractivity contribution in [2.24, 2.45) is 5.92 Å². The number of halogens is 2. The molecule has 4 aromatic rings. The number of rotatable bonds is 1. The van der Waals surface area contributed by atoms with Gasteiger partial charge in [0, 0.05) is 0 Å². The van der Waals surface area contributed by atoms with Crippen LogP contribution in [-0.4, -0.2) is 12.3 Å². The van der Waals surface area contributed by atoms with Crippen LogP contribution in [-0.2, 0) is 52.3 Å². The average molecular weight is 887 g/mol. The van der Waals surface area contributed by atoms with Crippen molar-refractivity contribution in [2.45, 2.75) is 145 Å². The Bertz CT molecular complexity index is 1730. The second kappa shape index (κ2) is 22.3. The molecule has 0 nitrogen and oxygen atoms in total. The van der Waals surface area contributed by atoms with Crippen molar-refractivity contribution in [1.29, 1.82) is 0 Å². The number of hydrogen-bond acceptors (Lipinski definition) is 0. The second-order valence-corrected chi connectivity index (χ2v) is 24.8. The molecule has 4 aromatic carbocycles. The van der Waals surface area contributed by atoms with Gasteiger partial charge in [-0.15, -0.1) is 35.9 Å². The molecule has 0 aromatic heterocycles. The Kier molecular flexibility index (Phi) is 21.5. The van der Waals surface area contributed by atoms with E-state index in [0.717, 1.165) is 6.42 Å². The Morgan fingerprint density at radius 1 is 0.607 bits per heavy atom. The molecule has 0 saturated carbocycles. The molecule has 0 amide bonds. The van der Waals surface area contributed by atoms with E-state index in [4.69, 9.17) is 0 Å². The summed E-state index contributed by atoms with van der Waals surface area (Å²) < 4.78 is 3.34. The first-order valence-corrected chi connectivity index (χ1v) is 24.8. The zero-order valence-corrected chi connectivity index (χ0v) is 43.0. The van der Waals surface area contributed by atoms with Gasteiger partial charge >= 0.3 is 28.4 Å². The van der Waals surface area contributed by atoms with Crippen LogP contribution in [0.1, 0.15) is 130 Å². The van der Waals surface area contributed by atoms with Crippen LogP contribution in [0.3, 0.4) is 0 Å². The maximum atomic E-state index is 3.67. The quantitative estimate of drug-likeness (QED) is 0.116. The van der Waals surface area contributed by atoms with E-state index in [0.29, 0.717) is 5.92 Å². The van der Waals surface area contributed by atoms with E-state index in [9.17, 15) is 0 Å². The van der Waals surface area contributed by atoms with E-state index < -0.39 is 8.07 Å². The van der Waals surface area contributed by atoms with E-state index in [-0.39, 0.29) is 46.5 Å². The van der Waals surface area contributed by atoms with Gasteiger partial charge in [-0.2, -0.15) is 102 Å². The zero-order chi connectivity index (χ0) is 41.3. The first kappa shape index (κ1) is 53.9. The van der Waals surface area contributed by atoms with Crippen molar-refractivity contribution >= 4 is 37.1 Å². The molecule has 56 heavy (non-hydrogen) atoms. The molecule has 0 heterocycles. The fraction of sp³-hybridized carbons (Fsp3) is 0.442. The second-order valence-electron chi connectivity index (χ2n) is 19.8. The van der Waals surface area contributed by atoms with E-state index in [2.05, 4.69) is 206 Å². The number of hydrogen-bond donors (Lipinski definition) is 0. The van der Waals surface area contributed by atoms with E-state index >= 15 is 0 Å². The van der Waals surface area contributed by atoms with Gasteiger partial charge in [-0.05, 0) is 47.3 Å². The molecule has 306 valence electrons. The third kappa shape index (κ3) is 16.6. The average Bonchev–Trinajstić information content (AvgIpc) is 3.63. The fourth-order valence-electron chi connectivity index (χ4n) is 6.45. The van der Waals surface area contributed by atoms with Crippen molar-refractivity contribution in [1.82, 2.24) is 0 Å². The fourth-order valence-corrected chi connectivity index (χ4v) is 8.40. The van der Waals surface area contributed by atoms with Crippen LogP contribution in [0.5, 0.6) is 0 Å². The Morgan fingerprint density at radius 2 is 1.04 bits per heavy atom. The Balaban J connectivity index is 0.000000745. The molecule has 0 N–H and O–H groups in total. The van der Waals surface area contributed by atoms with Gasteiger partial charge < -0.3 is 0 Å². The molecular formula is C52H72Cl2SiZr-4. The van der Waals surface area contributed by atoms with Crippen molar-refractivity contribution < 1.29 is 24.2 Å². The van der Waals surface area contributed by atoms with Crippen LogP contribution >= 0.6 is 24.8 Å². The van der Waals surface area contributed by atoms with Crippen molar-refractivity contribution in [2.75, 3.05) is 0 Å². The summed E-state index contributed by atoms with van der Waals surface area (Å²) in [6.45, 7) is 38.4. The summed E-state index contributed by atoms with van der Waals surface area (Å²) in [5.41, 5.74) is 13.4. The molecule has 0 saturated heterocycles. The molecular weight excluding hydrogens is 815 g/mol. The number of benzene rings is 4. The van der Waals surface area contributed by atoms with Crippen molar-refractivity contribution in [3.05, 3.63) is 153 Å². The summed E-state index contributed by atoms with van der Waals surface area (Å²) in [5.74, 6) is 0.553. The SMILES string of the molecule is CC(C)(C)c1[c-]c2c(cc1)-c1ccc(C(C)(C)C)cc1C2.CC(C)(C)c1cc[c-]cc1.CC(C)(C)c1cc[c-]cc1.CC1=[C-]C(C)C=C1[Si](C)(C)C.Cl.Cl.[CH2]=[Zr]. The van der Waals surface area contributed by atoms with Gasteiger partial charge in [0.15, 0.2) is 0 Å².